The van der Waals surface area contributed by atoms with Crippen molar-refractivity contribution in [1.82, 2.24) is 4.90 Å². The molecule has 3 heterocycles. The van der Waals surface area contributed by atoms with Crippen LogP contribution in [0.1, 0.15) is 10.6 Å². The molecule has 3 rings (SSSR count). The highest BCUT2D eigenvalue weighted by Crippen LogP contribution is 2.41. The van der Waals surface area contributed by atoms with Crippen molar-refractivity contribution in [3.63, 3.8) is 0 Å². The SMILES string of the molecule is NC1C(=O)N2CC(CSC(=O)c3ccco3)=C(C(=O)O)S[C@@H]12. The van der Waals surface area contributed by atoms with Crippen LogP contribution in [-0.4, -0.2) is 50.7 Å². The highest BCUT2D eigenvalue weighted by atomic mass is 32.2. The number of hydrogen-bond acceptors (Lipinski definition) is 7. The molecule has 9 heteroatoms. The van der Waals surface area contributed by atoms with E-state index in [1.807, 2.05) is 0 Å². The summed E-state index contributed by atoms with van der Waals surface area (Å²) in [6, 6.07) is 2.50. The Morgan fingerprint density at radius 2 is 2.32 bits per heavy atom. The molecule has 0 spiro atoms. The minimum Gasteiger partial charge on any atom is -0.477 e. The Morgan fingerprint density at radius 3 is 2.95 bits per heavy atom. The molecule has 1 amide bonds. The molecular weight excluding hydrogens is 328 g/mol. The summed E-state index contributed by atoms with van der Waals surface area (Å²) in [4.78, 5) is 36.6. The number of rotatable bonds is 4. The predicted octanol–water partition coefficient (Wildman–Crippen LogP) is 0.734. The maximum atomic E-state index is 11.9. The first kappa shape index (κ1) is 15.2. The molecule has 1 unspecified atom stereocenters. The summed E-state index contributed by atoms with van der Waals surface area (Å²) in [6.07, 6.45) is 1.40. The molecule has 1 aromatic rings. The van der Waals surface area contributed by atoms with Crippen LogP contribution in [0.2, 0.25) is 0 Å². The minimum absolute atomic E-state index is 0.170. The zero-order valence-corrected chi connectivity index (χ0v) is 12.9. The van der Waals surface area contributed by atoms with Crippen LogP contribution in [0, 0.1) is 0 Å². The van der Waals surface area contributed by atoms with Crippen LogP contribution < -0.4 is 5.73 Å². The van der Waals surface area contributed by atoms with Crippen LogP contribution in [0.4, 0.5) is 0 Å². The van der Waals surface area contributed by atoms with Crippen molar-refractivity contribution in [3.05, 3.63) is 34.6 Å². The van der Waals surface area contributed by atoms with Crippen molar-refractivity contribution in [1.29, 1.82) is 0 Å². The second kappa shape index (κ2) is 5.82. The normalized spacial score (nSPS) is 24.0. The highest BCUT2D eigenvalue weighted by molar-refractivity contribution is 8.14. The van der Waals surface area contributed by atoms with Gasteiger partial charge in [0.2, 0.25) is 5.91 Å². The van der Waals surface area contributed by atoms with Gasteiger partial charge < -0.3 is 20.2 Å². The van der Waals surface area contributed by atoms with Crippen molar-refractivity contribution in [3.8, 4) is 0 Å². The molecule has 0 aromatic carbocycles. The van der Waals surface area contributed by atoms with Crippen LogP contribution in [0.3, 0.4) is 0 Å². The molecule has 0 aliphatic carbocycles. The van der Waals surface area contributed by atoms with Gasteiger partial charge in [-0.2, -0.15) is 0 Å². The van der Waals surface area contributed by atoms with E-state index in [-0.39, 0.29) is 39.4 Å². The molecule has 3 N–H and O–H groups in total. The second-order valence-electron chi connectivity index (χ2n) is 4.79. The molecule has 7 nitrogen and oxygen atoms in total. The first-order chi connectivity index (χ1) is 10.5. The van der Waals surface area contributed by atoms with Gasteiger partial charge in [0.15, 0.2) is 5.76 Å². The van der Waals surface area contributed by atoms with E-state index in [1.165, 1.54) is 11.2 Å². The number of thioether (sulfide) groups is 2. The monoisotopic (exact) mass is 340 g/mol. The lowest BCUT2D eigenvalue weighted by Crippen LogP contribution is -2.68. The number of nitrogens with zero attached hydrogens (tertiary/aromatic N) is 1. The summed E-state index contributed by atoms with van der Waals surface area (Å²) >= 11 is 2.03. The Kier molecular flexibility index (Phi) is 4.02. The summed E-state index contributed by atoms with van der Waals surface area (Å²) in [6.45, 7) is 0.199. The quantitative estimate of drug-likeness (QED) is 0.771. The fraction of sp³-hybridized carbons (Fsp3) is 0.308. The van der Waals surface area contributed by atoms with Crippen molar-refractivity contribution < 1.29 is 23.9 Å². The first-order valence-corrected chi connectivity index (χ1v) is 8.24. The number of carbonyl (C=O) groups excluding carboxylic acids is 2. The molecule has 2 aliphatic rings. The van der Waals surface area contributed by atoms with E-state index in [2.05, 4.69) is 0 Å². The summed E-state index contributed by atoms with van der Waals surface area (Å²) in [7, 11) is 0. The summed E-state index contributed by atoms with van der Waals surface area (Å²) in [5.74, 6) is -0.843. The third-order valence-corrected chi connectivity index (χ3v) is 5.84. The van der Waals surface area contributed by atoms with E-state index in [9.17, 15) is 19.5 Å². The molecule has 0 bridgehead atoms. The molecule has 1 fully saturated rings. The fourth-order valence-electron chi connectivity index (χ4n) is 2.27. The summed E-state index contributed by atoms with van der Waals surface area (Å²) in [5, 5.41) is 8.70. The van der Waals surface area contributed by atoms with E-state index in [0.717, 1.165) is 23.5 Å². The zero-order valence-electron chi connectivity index (χ0n) is 11.2. The average molecular weight is 340 g/mol. The van der Waals surface area contributed by atoms with E-state index >= 15 is 0 Å². The van der Waals surface area contributed by atoms with Gasteiger partial charge in [0.05, 0.1) is 11.2 Å². The zero-order chi connectivity index (χ0) is 15.9. The van der Waals surface area contributed by atoms with E-state index in [1.54, 1.807) is 12.1 Å². The predicted molar refractivity (Wildman–Crippen MR) is 81.2 cm³/mol. The number of carboxylic acids is 1. The molecule has 0 radical (unpaired) electrons. The third kappa shape index (κ3) is 2.55. The number of carboxylic acid groups (broad SMARTS) is 1. The molecule has 1 saturated heterocycles. The molecule has 2 aliphatic heterocycles. The van der Waals surface area contributed by atoms with Crippen LogP contribution in [-0.2, 0) is 9.59 Å². The smallest absolute Gasteiger partial charge is 0.342 e. The van der Waals surface area contributed by atoms with Crippen LogP contribution in [0.25, 0.3) is 0 Å². The van der Waals surface area contributed by atoms with Gasteiger partial charge in [-0.15, -0.1) is 0 Å². The second-order valence-corrected chi connectivity index (χ2v) is 6.87. The Morgan fingerprint density at radius 1 is 1.55 bits per heavy atom. The fourth-order valence-corrected chi connectivity index (χ4v) is 4.37. The molecule has 0 saturated carbocycles. The van der Waals surface area contributed by atoms with Crippen molar-refractivity contribution in [2.75, 3.05) is 12.3 Å². The number of hydrogen-bond donors (Lipinski definition) is 2. The highest BCUT2D eigenvalue weighted by Gasteiger charge is 2.49. The lowest BCUT2D eigenvalue weighted by molar-refractivity contribution is -0.144. The number of aliphatic carboxylic acids is 1. The Hall–Kier alpha value is -1.71. The van der Waals surface area contributed by atoms with E-state index < -0.39 is 12.0 Å². The van der Waals surface area contributed by atoms with Gasteiger partial charge in [-0.1, -0.05) is 23.5 Å². The van der Waals surface area contributed by atoms with Gasteiger partial charge in [-0.3, -0.25) is 9.59 Å². The van der Waals surface area contributed by atoms with Crippen molar-refractivity contribution >= 4 is 40.5 Å². The molecular formula is C13H12N2O5S2. The van der Waals surface area contributed by atoms with Gasteiger partial charge in [-0.05, 0) is 17.7 Å². The Bertz CT molecular complexity index is 670. The largest absolute Gasteiger partial charge is 0.477 e. The lowest BCUT2D eigenvalue weighted by Gasteiger charge is -2.48. The standard InChI is InChI=1S/C13H12N2O5S2/c14-8-10(16)15-4-6(9(12(17)18)22-11(8)15)5-21-13(19)7-2-1-3-20-7/h1-3,8,11H,4-5,14H2,(H,17,18)/t8?,11-/m0/s1. The van der Waals surface area contributed by atoms with Gasteiger partial charge in [-0.25, -0.2) is 4.79 Å². The average Bonchev–Trinajstić information content (AvgIpc) is 3.05. The molecule has 1 aromatic heterocycles. The van der Waals surface area contributed by atoms with Crippen molar-refractivity contribution in [2.24, 2.45) is 5.73 Å². The van der Waals surface area contributed by atoms with Crippen molar-refractivity contribution in [2.45, 2.75) is 11.4 Å². The molecule has 2 atom stereocenters. The number of carbonyl (C=O) groups is 3. The van der Waals surface area contributed by atoms with Gasteiger partial charge in [0.1, 0.15) is 11.4 Å². The minimum atomic E-state index is -1.06. The number of β-lactam (4-membered cyclic amide) rings is 1. The third-order valence-electron chi connectivity index (χ3n) is 3.40. The van der Waals surface area contributed by atoms with Gasteiger partial charge >= 0.3 is 5.97 Å². The van der Waals surface area contributed by atoms with Crippen LogP contribution in [0.15, 0.2) is 33.3 Å². The number of fused-ring (bicyclic) bond motifs is 1. The molecule has 116 valence electrons. The van der Waals surface area contributed by atoms with E-state index in [0.29, 0.717) is 5.57 Å². The number of amides is 1. The first-order valence-electron chi connectivity index (χ1n) is 6.37. The number of nitrogens with two attached hydrogens (primary N) is 1. The maximum Gasteiger partial charge on any atom is 0.342 e. The Labute approximate surface area is 133 Å². The number of furan rings is 1. The maximum absolute atomic E-state index is 11.9. The summed E-state index contributed by atoms with van der Waals surface area (Å²) in [5.41, 5.74) is 6.21. The van der Waals surface area contributed by atoms with Gasteiger partial charge in [0.25, 0.3) is 5.12 Å². The lowest BCUT2D eigenvalue weighted by atomic mass is 10.1. The molecule has 22 heavy (non-hydrogen) atoms. The summed E-state index contributed by atoms with van der Waals surface area (Å²) < 4.78 is 5.00. The van der Waals surface area contributed by atoms with Gasteiger partial charge in [0, 0.05) is 12.3 Å². The van der Waals surface area contributed by atoms with E-state index in [4.69, 9.17) is 10.2 Å². The Balaban J connectivity index is 1.73. The van der Waals surface area contributed by atoms with Crippen LogP contribution in [0.5, 0.6) is 0 Å². The van der Waals surface area contributed by atoms with Crippen LogP contribution >= 0.6 is 23.5 Å². The topological polar surface area (TPSA) is 114 Å².